The Morgan fingerprint density at radius 2 is 1.94 bits per heavy atom. The van der Waals surface area contributed by atoms with Crippen molar-refractivity contribution in [2.24, 2.45) is 0 Å². The number of hydrogen-bond acceptors (Lipinski definition) is 5. The van der Waals surface area contributed by atoms with Gasteiger partial charge in [-0.2, -0.15) is 5.10 Å². The van der Waals surface area contributed by atoms with E-state index in [9.17, 15) is 9.18 Å². The molecule has 1 aromatic carbocycles. The molecule has 0 aliphatic heterocycles. The van der Waals surface area contributed by atoms with Gasteiger partial charge in [-0.25, -0.2) is 13.9 Å². The SMILES string of the molecule is COCc1nn2c(ncc3c(=O)n(Cc4cccnc4)ccc32)c1-c1ccc(F)cc1. The zero-order valence-corrected chi connectivity index (χ0v) is 16.7. The molecule has 154 valence electrons. The fourth-order valence-electron chi connectivity index (χ4n) is 3.72. The third-order valence-corrected chi connectivity index (χ3v) is 5.15. The molecule has 0 atom stereocenters. The van der Waals surface area contributed by atoms with Gasteiger partial charge in [0.15, 0.2) is 5.65 Å². The van der Waals surface area contributed by atoms with Crippen LogP contribution in [0.4, 0.5) is 4.39 Å². The quantitative estimate of drug-likeness (QED) is 0.440. The van der Waals surface area contributed by atoms with Crippen LogP contribution in [0, 0.1) is 5.82 Å². The fraction of sp³-hybridized carbons (Fsp3) is 0.130. The van der Waals surface area contributed by atoms with Gasteiger partial charge in [-0.3, -0.25) is 9.78 Å². The van der Waals surface area contributed by atoms with Crippen molar-refractivity contribution in [2.45, 2.75) is 13.2 Å². The molecule has 0 fully saturated rings. The summed E-state index contributed by atoms with van der Waals surface area (Å²) < 4.78 is 22.0. The minimum Gasteiger partial charge on any atom is -0.378 e. The number of rotatable bonds is 5. The Labute approximate surface area is 176 Å². The standard InChI is InChI=1S/C23H18FN5O2/c1-31-14-19-21(16-4-6-17(24)7-5-16)22-26-12-18-20(29(22)27-19)8-10-28(23(18)30)13-15-3-2-9-25-11-15/h2-12H,13-14H2,1H3. The largest absolute Gasteiger partial charge is 0.378 e. The Kier molecular flexibility index (Phi) is 4.76. The summed E-state index contributed by atoms with van der Waals surface area (Å²) in [6.45, 7) is 0.672. The van der Waals surface area contributed by atoms with E-state index in [-0.39, 0.29) is 18.0 Å². The highest BCUT2D eigenvalue weighted by Gasteiger charge is 2.18. The van der Waals surface area contributed by atoms with E-state index in [1.807, 2.05) is 18.2 Å². The van der Waals surface area contributed by atoms with Gasteiger partial charge >= 0.3 is 0 Å². The van der Waals surface area contributed by atoms with Gasteiger partial charge in [-0.05, 0) is 35.4 Å². The first kappa shape index (κ1) is 19.1. The molecule has 0 spiro atoms. The lowest BCUT2D eigenvalue weighted by Gasteiger charge is -2.08. The third kappa shape index (κ3) is 3.36. The summed E-state index contributed by atoms with van der Waals surface area (Å²) in [6.07, 6.45) is 6.74. The van der Waals surface area contributed by atoms with Crippen molar-refractivity contribution in [1.29, 1.82) is 0 Å². The van der Waals surface area contributed by atoms with Crippen molar-refractivity contribution in [3.63, 3.8) is 0 Å². The monoisotopic (exact) mass is 415 g/mol. The van der Waals surface area contributed by atoms with Crippen molar-refractivity contribution < 1.29 is 9.13 Å². The predicted octanol–water partition coefficient (Wildman–Crippen LogP) is 3.44. The predicted molar refractivity (Wildman–Crippen MR) is 114 cm³/mol. The van der Waals surface area contributed by atoms with Gasteiger partial charge < -0.3 is 9.30 Å². The highest BCUT2D eigenvalue weighted by atomic mass is 19.1. The van der Waals surface area contributed by atoms with Crippen LogP contribution in [0.1, 0.15) is 11.3 Å². The highest BCUT2D eigenvalue weighted by Crippen LogP contribution is 2.29. The van der Waals surface area contributed by atoms with Crippen LogP contribution in [0.3, 0.4) is 0 Å². The van der Waals surface area contributed by atoms with Crippen LogP contribution >= 0.6 is 0 Å². The van der Waals surface area contributed by atoms with Gasteiger partial charge in [0, 0.05) is 31.9 Å². The highest BCUT2D eigenvalue weighted by molar-refractivity contribution is 5.86. The zero-order valence-electron chi connectivity index (χ0n) is 16.7. The molecule has 5 rings (SSSR count). The van der Waals surface area contributed by atoms with Crippen molar-refractivity contribution in [2.75, 3.05) is 7.11 Å². The Morgan fingerprint density at radius 3 is 2.68 bits per heavy atom. The van der Waals surface area contributed by atoms with E-state index in [1.165, 1.54) is 12.1 Å². The summed E-state index contributed by atoms with van der Waals surface area (Å²) >= 11 is 0. The summed E-state index contributed by atoms with van der Waals surface area (Å²) in [6, 6.07) is 11.8. The molecule has 0 saturated heterocycles. The molecule has 0 unspecified atom stereocenters. The van der Waals surface area contributed by atoms with E-state index < -0.39 is 0 Å². The van der Waals surface area contributed by atoms with Crippen molar-refractivity contribution in [3.8, 4) is 11.1 Å². The molecule has 0 bridgehead atoms. The lowest BCUT2D eigenvalue weighted by molar-refractivity contribution is 0.181. The van der Waals surface area contributed by atoms with Crippen molar-refractivity contribution in [1.82, 2.24) is 24.1 Å². The van der Waals surface area contributed by atoms with Gasteiger partial charge in [0.1, 0.15) is 5.82 Å². The molecule has 0 N–H and O–H groups in total. The van der Waals surface area contributed by atoms with Crippen LogP contribution in [-0.2, 0) is 17.9 Å². The summed E-state index contributed by atoms with van der Waals surface area (Å²) in [5, 5.41) is 5.12. The van der Waals surface area contributed by atoms with Crippen LogP contribution in [0.15, 0.2) is 72.0 Å². The van der Waals surface area contributed by atoms with Crippen LogP contribution in [0.2, 0.25) is 0 Å². The maximum absolute atomic E-state index is 13.4. The molecule has 0 amide bonds. The van der Waals surface area contributed by atoms with E-state index in [0.29, 0.717) is 28.8 Å². The first-order chi connectivity index (χ1) is 15.2. The Balaban J connectivity index is 1.70. The number of nitrogens with zero attached hydrogens (tertiary/aromatic N) is 5. The average molecular weight is 415 g/mol. The normalized spacial score (nSPS) is 11.4. The van der Waals surface area contributed by atoms with E-state index in [0.717, 1.165) is 16.7 Å². The maximum Gasteiger partial charge on any atom is 0.261 e. The second kappa shape index (κ2) is 7.73. The number of fused-ring (bicyclic) bond motifs is 3. The first-order valence-corrected chi connectivity index (χ1v) is 9.69. The number of benzene rings is 1. The molecule has 0 aliphatic carbocycles. The third-order valence-electron chi connectivity index (χ3n) is 5.15. The van der Waals surface area contributed by atoms with Crippen LogP contribution in [-0.4, -0.2) is 31.3 Å². The van der Waals surface area contributed by atoms with Crippen LogP contribution < -0.4 is 5.56 Å². The Bertz CT molecular complexity index is 1440. The molecule has 31 heavy (non-hydrogen) atoms. The number of methoxy groups -OCH3 is 1. The fourth-order valence-corrected chi connectivity index (χ4v) is 3.72. The van der Waals surface area contributed by atoms with Crippen LogP contribution in [0.25, 0.3) is 27.7 Å². The van der Waals surface area contributed by atoms with Crippen LogP contribution in [0.5, 0.6) is 0 Å². The first-order valence-electron chi connectivity index (χ1n) is 9.69. The van der Waals surface area contributed by atoms with Crippen molar-refractivity contribution >= 4 is 16.6 Å². The van der Waals surface area contributed by atoms with Gasteiger partial charge in [-0.15, -0.1) is 0 Å². The molecular weight excluding hydrogens is 397 g/mol. The molecule has 4 heterocycles. The van der Waals surface area contributed by atoms with Crippen molar-refractivity contribution in [3.05, 3.63) is 94.7 Å². The van der Waals surface area contributed by atoms with Gasteiger partial charge in [0.2, 0.25) is 0 Å². The minimum atomic E-state index is -0.318. The molecule has 0 aliphatic rings. The number of ether oxygens (including phenoxy) is 1. The van der Waals surface area contributed by atoms with Gasteiger partial charge in [0.05, 0.1) is 35.3 Å². The minimum absolute atomic E-state index is 0.164. The Morgan fingerprint density at radius 1 is 1.10 bits per heavy atom. The molecule has 0 saturated carbocycles. The number of pyridine rings is 2. The summed E-state index contributed by atoms with van der Waals surface area (Å²) in [4.78, 5) is 21.7. The zero-order chi connectivity index (χ0) is 21.4. The topological polar surface area (TPSA) is 74.3 Å². The molecule has 7 nitrogen and oxygen atoms in total. The lowest BCUT2D eigenvalue weighted by atomic mass is 10.1. The molecule has 0 radical (unpaired) electrons. The number of aromatic nitrogens is 5. The van der Waals surface area contributed by atoms with E-state index in [4.69, 9.17) is 4.74 Å². The maximum atomic E-state index is 13.4. The van der Waals surface area contributed by atoms with E-state index in [2.05, 4.69) is 15.1 Å². The van der Waals surface area contributed by atoms with E-state index in [1.54, 1.807) is 53.1 Å². The number of halogens is 1. The second-order valence-electron chi connectivity index (χ2n) is 7.16. The van der Waals surface area contributed by atoms with Gasteiger partial charge in [0.25, 0.3) is 5.56 Å². The second-order valence-corrected chi connectivity index (χ2v) is 7.16. The molecular formula is C23H18FN5O2. The van der Waals surface area contributed by atoms with E-state index >= 15 is 0 Å². The molecule has 4 aromatic heterocycles. The summed E-state index contributed by atoms with van der Waals surface area (Å²) in [5.74, 6) is -0.318. The molecule has 5 aromatic rings. The smallest absolute Gasteiger partial charge is 0.261 e. The summed E-state index contributed by atoms with van der Waals surface area (Å²) in [7, 11) is 1.58. The summed E-state index contributed by atoms with van der Waals surface area (Å²) in [5.41, 5.74) is 4.18. The Hall–Kier alpha value is -3.91. The van der Waals surface area contributed by atoms with Gasteiger partial charge in [-0.1, -0.05) is 18.2 Å². The lowest BCUT2D eigenvalue weighted by Crippen LogP contribution is -2.21. The number of hydrogen-bond donors (Lipinski definition) is 0. The molecule has 8 heteroatoms. The average Bonchev–Trinajstić information content (AvgIpc) is 3.15.